The lowest BCUT2D eigenvalue weighted by Gasteiger charge is -2.27. The van der Waals surface area contributed by atoms with Crippen molar-refractivity contribution >= 4 is 6.03 Å². The number of aromatic nitrogens is 2. The molecule has 23 heavy (non-hydrogen) atoms. The van der Waals surface area contributed by atoms with Crippen LogP contribution in [-0.2, 0) is 24.1 Å². The Morgan fingerprint density at radius 3 is 2.96 bits per heavy atom. The maximum Gasteiger partial charge on any atom is 0.315 e. The standard InChI is InChI=1S/C17H30N4O2/c1-13(11-17(2,3)23-4)19-16(22)18-9-8-14-12-21-10-6-5-7-15(21)20-14/h12-13H,5-11H2,1-4H3,(H2,18,19,22)/t13-/m0/s1. The molecule has 1 aromatic rings. The summed E-state index contributed by atoms with van der Waals surface area (Å²) in [5, 5.41) is 5.86. The van der Waals surface area contributed by atoms with Crippen LogP contribution >= 0.6 is 0 Å². The van der Waals surface area contributed by atoms with E-state index < -0.39 is 0 Å². The van der Waals surface area contributed by atoms with Crippen molar-refractivity contribution in [2.75, 3.05) is 13.7 Å². The molecule has 2 amide bonds. The fourth-order valence-corrected chi connectivity index (χ4v) is 3.04. The highest BCUT2D eigenvalue weighted by Gasteiger charge is 2.21. The zero-order valence-corrected chi connectivity index (χ0v) is 14.8. The number of aryl methyl sites for hydroxylation is 2. The fourth-order valence-electron chi connectivity index (χ4n) is 3.04. The molecule has 1 atom stereocenters. The minimum atomic E-state index is -0.234. The van der Waals surface area contributed by atoms with Gasteiger partial charge in [0.05, 0.1) is 11.3 Å². The third kappa shape index (κ3) is 5.53. The molecule has 1 aromatic heterocycles. The zero-order valence-electron chi connectivity index (χ0n) is 14.8. The Hall–Kier alpha value is -1.56. The van der Waals surface area contributed by atoms with Crippen LogP contribution in [0.15, 0.2) is 6.20 Å². The Morgan fingerprint density at radius 1 is 1.48 bits per heavy atom. The van der Waals surface area contributed by atoms with Crippen LogP contribution in [0.25, 0.3) is 0 Å². The zero-order chi connectivity index (χ0) is 16.9. The fraction of sp³-hybridized carbons (Fsp3) is 0.765. The van der Waals surface area contributed by atoms with Crippen LogP contribution < -0.4 is 10.6 Å². The number of methoxy groups -OCH3 is 1. The Balaban J connectivity index is 1.69. The molecule has 0 radical (unpaired) electrons. The summed E-state index contributed by atoms with van der Waals surface area (Å²) in [4.78, 5) is 16.6. The van der Waals surface area contributed by atoms with Gasteiger partial charge in [0.1, 0.15) is 5.82 Å². The maximum absolute atomic E-state index is 11.9. The van der Waals surface area contributed by atoms with E-state index in [4.69, 9.17) is 4.74 Å². The summed E-state index contributed by atoms with van der Waals surface area (Å²) in [7, 11) is 1.69. The second-order valence-corrected chi connectivity index (χ2v) is 7.02. The van der Waals surface area contributed by atoms with E-state index in [1.54, 1.807) is 7.11 Å². The first-order chi connectivity index (χ1) is 10.9. The number of fused-ring (bicyclic) bond motifs is 1. The Kier molecular flexibility index (Phi) is 6.04. The van der Waals surface area contributed by atoms with Crippen molar-refractivity contribution in [3.05, 3.63) is 17.7 Å². The molecule has 1 aliphatic rings. The predicted molar refractivity (Wildman–Crippen MR) is 90.6 cm³/mol. The molecule has 0 aromatic carbocycles. The van der Waals surface area contributed by atoms with E-state index >= 15 is 0 Å². The number of nitrogens with one attached hydrogen (secondary N) is 2. The summed E-state index contributed by atoms with van der Waals surface area (Å²) in [6.07, 6.45) is 7.20. The van der Waals surface area contributed by atoms with Gasteiger partial charge in [0.2, 0.25) is 0 Å². The molecule has 0 saturated carbocycles. The van der Waals surface area contributed by atoms with Crippen molar-refractivity contribution < 1.29 is 9.53 Å². The lowest BCUT2D eigenvalue weighted by atomic mass is 10.00. The second-order valence-electron chi connectivity index (χ2n) is 7.02. The summed E-state index contributed by atoms with van der Waals surface area (Å²) < 4.78 is 7.63. The van der Waals surface area contributed by atoms with Crippen LogP contribution in [0.2, 0.25) is 0 Å². The van der Waals surface area contributed by atoms with Crippen LogP contribution in [0, 0.1) is 0 Å². The normalized spacial score (nSPS) is 15.8. The molecule has 0 saturated heterocycles. The minimum Gasteiger partial charge on any atom is -0.379 e. The quantitative estimate of drug-likeness (QED) is 0.809. The van der Waals surface area contributed by atoms with E-state index in [0.717, 1.165) is 31.5 Å². The lowest BCUT2D eigenvalue weighted by molar-refractivity contribution is 0.00951. The molecule has 0 unspecified atom stereocenters. The monoisotopic (exact) mass is 322 g/mol. The lowest BCUT2D eigenvalue weighted by Crippen LogP contribution is -2.44. The summed E-state index contributed by atoms with van der Waals surface area (Å²) in [6, 6.07) is -0.0711. The van der Waals surface area contributed by atoms with Gasteiger partial charge in [0, 0.05) is 45.3 Å². The maximum atomic E-state index is 11.9. The van der Waals surface area contributed by atoms with Gasteiger partial charge in [-0.2, -0.15) is 0 Å². The van der Waals surface area contributed by atoms with Crippen molar-refractivity contribution in [3.8, 4) is 0 Å². The van der Waals surface area contributed by atoms with Crippen LogP contribution in [-0.4, -0.2) is 40.9 Å². The molecule has 6 heteroatoms. The minimum absolute atomic E-state index is 0.0601. The predicted octanol–water partition coefficient (Wildman–Crippen LogP) is 2.26. The van der Waals surface area contributed by atoms with Crippen LogP contribution in [0.3, 0.4) is 0 Å². The van der Waals surface area contributed by atoms with Gasteiger partial charge in [-0.15, -0.1) is 0 Å². The number of carbonyl (C=O) groups is 1. The Labute approximate surface area is 139 Å². The highest BCUT2D eigenvalue weighted by Crippen LogP contribution is 2.15. The molecule has 2 heterocycles. The van der Waals surface area contributed by atoms with Gasteiger partial charge < -0.3 is 19.9 Å². The van der Waals surface area contributed by atoms with E-state index in [0.29, 0.717) is 6.54 Å². The van der Waals surface area contributed by atoms with Crippen LogP contribution in [0.1, 0.15) is 51.6 Å². The number of hydrogen-bond donors (Lipinski definition) is 2. The van der Waals surface area contributed by atoms with E-state index in [1.165, 1.54) is 18.7 Å². The number of amides is 2. The number of rotatable bonds is 7. The molecule has 0 spiro atoms. The highest BCUT2D eigenvalue weighted by atomic mass is 16.5. The number of urea groups is 1. The van der Waals surface area contributed by atoms with Crippen LogP contribution in [0.4, 0.5) is 4.79 Å². The first kappa shape index (κ1) is 17.8. The smallest absolute Gasteiger partial charge is 0.315 e. The van der Waals surface area contributed by atoms with Crippen molar-refractivity contribution in [2.24, 2.45) is 0 Å². The molecule has 1 aliphatic heterocycles. The van der Waals surface area contributed by atoms with Crippen molar-refractivity contribution in [2.45, 2.75) is 71.1 Å². The molecule has 0 aliphatic carbocycles. The first-order valence-corrected chi connectivity index (χ1v) is 8.54. The molecule has 6 nitrogen and oxygen atoms in total. The molecule has 0 bridgehead atoms. The van der Waals surface area contributed by atoms with E-state index in [2.05, 4.69) is 26.4 Å². The third-order valence-corrected chi connectivity index (χ3v) is 4.35. The summed E-state index contributed by atoms with van der Waals surface area (Å²) in [5.41, 5.74) is 0.832. The van der Waals surface area contributed by atoms with Crippen molar-refractivity contribution in [1.29, 1.82) is 0 Å². The van der Waals surface area contributed by atoms with E-state index in [1.807, 2.05) is 20.8 Å². The Bertz CT molecular complexity index is 501. The van der Waals surface area contributed by atoms with Gasteiger partial charge in [0.25, 0.3) is 0 Å². The largest absolute Gasteiger partial charge is 0.379 e. The van der Waals surface area contributed by atoms with Crippen molar-refractivity contribution in [3.63, 3.8) is 0 Å². The van der Waals surface area contributed by atoms with Gasteiger partial charge in [-0.1, -0.05) is 0 Å². The summed E-state index contributed by atoms with van der Waals surface area (Å²) >= 11 is 0. The topological polar surface area (TPSA) is 68.2 Å². The average molecular weight is 322 g/mol. The molecule has 2 rings (SSSR count). The van der Waals surface area contributed by atoms with E-state index in [-0.39, 0.29) is 17.7 Å². The average Bonchev–Trinajstić information content (AvgIpc) is 2.89. The number of imidazole rings is 1. The number of ether oxygens (including phenoxy) is 1. The SMILES string of the molecule is COC(C)(C)C[C@H](C)NC(=O)NCCc1cn2c(n1)CCCC2. The summed E-state index contributed by atoms with van der Waals surface area (Å²) in [6.45, 7) is 7.70. The van der Waals surface area contributed by atoms with Crippen molar-refractivity contribution in [1.82, 2.24) is 20.2 Å². The molecule has 2 N–H and O–H groups in total. The number of hydrogen-bond acceptors (Lipinski definition) is 3. The molecule has 130 valence electrons. The van der Waals surface area contributed by atoms with E-state index in [9.17, 15) is 4.79 Å². The second kappa shape index (κ2) is 7.81. The molecular formula is C17H30N4O2. The summed E-state index contributed by atoms with van der Waals surface area (Å²) in [5.74, 6) is 1.19. The number of carbonyl (C=O) groups excluding carboxylic acids is 1. The number of nitrogens with zero attached hydrogens (tertiary/aromatic N) is 2. The molecule has 0 fully saturated rings. The molecular weight excluding hydrogens is 292 g/mol. The highest BCUT2D eigenvalue weighted by molar-refractivity contribution is 5.74. The van der Waals surface area contributed by atoms with Gasteiger partial charge in [0.15, 0.2) is 0 Å². The third-order valence-electron chi connectivity index (χ3n) is 4.35. The van der Waals surface area contributed by atoms with Gasteiger partial charge >= 0.3 is 6.03 Å². The van der Waals surface area contributed by atoms with Gasteiger partial charge in [-0.05, 0) is 40.0 Å². The Morgan fingerprint density at radius 2 is 2.26 bits per heavy atom. The first-order valence-electron chi connectivity index (χ1n) is 8.54. The van der Waals surface area contributed by atoms with Gasteiger partial charge in [-0.3, -0.25) is 0 Å². The van der Waals surface area contributed by atoms with Crippen LogP contribution in [0.5, 0.6) is 0 Å². The van der Waals surface area contributed by atoms with Gasteiger partial charge in [-0.25, -0.2) is 9.78 Å².